The molecule has 0 unspecified atom stereocenters. The molecule has 3 aromatic rings. The second kappa shape index (κ2) is 8.86. The molecule has 4 rings (SSSR count). The molecule has 160 valence electrons. The maximum atomic E-state index is 13.4. The zero-order chi connectivity index (χ0) is 22.8. The third-order valence-electron chi connectivity index (χ3n) is 5.80. The highest BCUT2D eigenvalue weighted by atomic mass is 35.5. The van der Waals surface area contributed by atoms with Crippen molar-refractivity contribution in [2.24, 2.45) is 0 Å². The van der Waals surface area contributed by atoms with Crippen molar-refractivity contribution in [3.8, 4) is 6.07 Å². The Balaban J connectivity index is 1.76. The largest absolute Gasteiger partial charge is 0.305 e. The molecular formula is C26H22ClN3O2. The van der Waals surface area contributed by atoms with E-state index < -0.39 is 0 Å². The average molecular weight is 444 g/mol. The predicted molar refractivity (Wildman–Crippen MR) is 126 cm³/mol. The molecule has 6 heteroatoms. The van der Waals surface area contributed by atoms with Crippen LogP contribution in [-0.4, -0.2) is 17.9 Å². The van der Waals surface area contributed by atoms with Crippen molar-refractivity contribution in [3.63, 3.8) is 0 Å². The summed E-state index contributed by atoms with van der Waals surface area (Å²) in [4.78, 5) is 29.7. The highest BCUT2D eigenvalue weighted by Gasteiger charge is 2.38. The van der Waals surface area contributed by atoms with Crippen LogP contribution in [0.1, 0.15) is 47.8 Å². The Morgan fingerprint density at radius 3 is 2.31 bits per heavy atom. The molecule has 0 spiro atoms. The van der Waals surface area contributed by atoms with Crippen LogP contribution in [0, 0.1) is 11.3 Å². The van der Waals surface area contributed by atoms with E-state index >= 15 is 0 Å². The van der Waals surface area contributed by atoms with Gasteiger partial charge in [-0.3, -0.25) is 9.59 Å². The first kappa shape index (κ1) is 21.6. The van der Waals surface area contributed by atoms with Crippen LogP contribution in [0.5, 0.6) is 0 Å². The van der Waals surface area contributed by atoms with Gasteiger partial charge < -0.3 is 9.80 Å². The molecule has 0 saturated carbocycles. The summed E-state index contributed by atoms with van der Waals surface area (Å²) in [6, 6.07) is 23.3. The smallest absolute Gasteiger partial charge is 0.258 e. The van der Waals surface area contributed by atoms with Gasteiger partial charge in [-0.25, -0.2) is 0 Å². The minimum absolute atomic E-state index is 0.0776. The third kappa shape index (κ3) is 3.98. The summed E-state index contributed by atoms with van der Waals surface area (Å²) in [5.74, 6) is -0.208. The van der Waals surface area contributed by atoms with Crippen LogP contribution in [0.4, 0.5) is 11.4 Å². The molecule has 0 aromatic heterocycles. The van der Waals surface area contributed by atoms with Crippen LogP contribution >= 0.6 is 11.6 Å². The van der Waals surface area contributed by atoms with E-state index in [1.165, 1.54) is 0 Å². The fourth-order valence-electron chi connectivity index (χ4n) is 4.34. The lowest BCUT2D eigenvalue weighted by Crippen LogP contribution is -2.47. The minimum Gasteiger partial charge on any atom is -0.305 e. The summed E-state index contributed by atoms with van der Waals surface area (Å²) in [5.41, 5.74) is 3.49. The van der Waals surface area contributed by atoms with Gasteiger partial charge in [0.05, 0.1) is 17.7 Å². The zero-order valence-corrected chi connectivity index (χ0v) is 18.6. The molecule has 0 bridgehead atoms. The van der Waals surface area contributed by atoms with Crippen LogP contribution in [0.2, 0.25) is 5.02 Å². The molecule has 0 N–H and O–H groups in total. The van der Waals surface area contributed by atoms with Gasteiger partial charge in [0.1, 0.15) is 0 Å². The monoisotopic (exact) mass is 443 g/mol. The standard InChI is InChI=1S/C26H22ClN3O2/c1-17-15-25(30(18(2)31)22-13-11-21(27)12-14-22)23-5-3-4-6-24(23)29(17)26(32)20-9-7-19(16-28)8-10-20/h3-14,17,25H,15H2,1-2H3/t17-,25+/m0/s1. The number of fused-ring (bicyclic) bond motifs is 1. The van der Waals surface area contributed by atoms with Crippen LogP contribution in [0.3, 0.4) is 0 Å². The first-order valence-corrected chi connectivity index (χ1v) is 10.8. The Labute approximate surface area is 192 Å². The minimum atomic E-state index is -0.218. The van der Waals surface area contributed by atoms with E-state index in [4.69, 9.17) is 16.9 Å². The maximum absolute atomic E-state index is 13.4. The molecule has 1 aliphatic rings. The lowest BCUT2D eigenvalue weighted by atomic mass is 9.89. The van der Waals surface area contributed by atoms with Crippen LogP contribution in [-0.2, 0) is 4.79 Å². The molecule has 0 aliphatic carbocycles. The van der Waals surface area contributed by atoms with Gasteiger partial charge in [-0.1, -0.05) is 29.8 Å². The Bertz CT molecular complexity index is 1200. The number of benzene rings is 3. The van der Waals surface area contributed by atoms with Gasteiger partial charge in [-0.05, 0) is 73.5 Å². The summed E-state index contributed by atoms with van der Waals surface area (Å²) < 4.78 is 0. The van der Waals surface area contributed by atoms with Gasteiger partial charge in [0, 0.05) is 34.9 Å². The summed E-state index contributed by atoms with van der Waals surface area (Å²) in [5, 5.41) is 9.64. The van der Waals surface area contributed by atoms with Crippen molar-refractivity contribution < 1.29 is 9.59 Å². The molecule has 2 atom stereocenters. The second-order valence-corrected chi connectivity index (χ2v) is 8.33. The van der Waals surface area contributed by atoms with E-state index in [0.717, 1.165) is 16.9 Å². The quantitative estimate of drug-likeness (QED) is 0.518. The number of nitriles is 1. The lowest BCUT2D eigenvalue weighted by molar-refractivity contribution is -0.117. The fraction of sp³-hybridized carbons (Fsp3) is 0.192. The van der Waals surface area contributed by atoms with E-state index in [1.54, 1.807) is 53.1 Å². The van der Waals surface area contributed by atoms with Gasteiger partial charge in [-0.2, -0.15) is 5.26 Å². The molecule has 0 radical (unpaired) electrons. The number of hydrogen-bond acceptors (Lipinski definition) is 3. The summed E-state index contributed by atoms with van der Waals surface area (Å²) in [7, 11) is 0. The topological polar surface area (TPSA) is 64.4 Å². The molecular weight excluding hydrogens is 422 g/mol. The Kier molecular flexibility index (Phi) is 5.98. The second-order valence-electron chi connectivity index (χ2n) is 7.89. The molecule has 32 heavy (non-hydrogen) atoms. The number of nitrogens with zero attached hydrogens (tertiary/aromatic N) is 3. The van der Waals surface area contributed by atoms with Gasteiger partial charge in [0.25, 0.3) is 5.91 Å². The van der Waals surface area contributed by atoms with Crippen molar-refractivity contribution in [2.75, 3.05) is 9.80 Å². The number of carbonyl (C=O) groups is 2. The van der Waals surface area contributed by atoms with Crippen LogP contribution in [0.15, 0.2) is 72.8 Å². The number of anilines is 2. The van der Waals surface area contributed by atoms with Gasteiger partial charge >= 0.3 is 0 Å². The zero-order valence-electron chi connectivity index (χ0n) is 17.8. The molecule has 0 saturated heterocycles. The van der Waals surface area contributed by atoms with Gasteiger partial charge in [0.2, 0.25) is 5.91 Å². The summed E-state index contributed by atoms with van der Waals surface area (Å²) >= 11 is 6.05. The molecule has 0 fully saturated rings. The van der Waals surface area contributed by atoms with Crippen molar-refractivity contribution in [2.45, 2.75) is 32.4 Å². The maximum Gasteiger partial charge on any atom is 0.258 e. The van der Waals surface area contributed by atoms with E-state index in [0.29, 0.717) is 22.6 Å². The van der Waals surface area contributed by atoms with Crippen molar-refractivity contribution in [1.29, 1.82) is 5.26 Å². The molecule has 5 nitrogen and oxygen atoms in total. The lowest BCUT2D eigenvalue weighted by Gasteiger charge is -2.43. The highest BCUT2D eigenvalue weighted by Crippen LogP contribution is 2.42. The number of amides is 2. The summed E-state index contributed by atoms with van der Waals surface area (Å²) in [6.07, 6.45) is 0.585. The van der Waals surface area contributed by atoms with Crippen molar-refractivity contribution in [3.05, 3.63) is 94.5 Å². The first-order chi connectivity index (χ1) is 15.4. The van der Waals surface area contributed by atoms with E-state index in [9.17, 15) is 9.59 Å². The normalized spacial score (nSPS) is 17.2. The van der Waals surface area contributed by atoms with Gasteiger partial charge in [-0.15, -0.1) is 0 Å². The van der Waals surface area contributed by atoms with E-state index in [1.807, 2.05) is 43.3 Å². The Hall–Kier alpha value is -3.62. The number of rotatable bonds is 3. The number of para-hydroxylation sites is 1. The third-order valence-corrected chi connectivity index (χ3v) is 6.05. The van der Waals surface area contributed by atoms with E-state index in [2.05, 4.69) is 6.07 Å². The Morgan fingerprint density at radius 2 is 1.69 bits per heavy atom. The van der Waals surface area contributed by atoms with Crippen LogP contribution in [0.25, 0.3) is 0 Å². The first-order valence-electron chi connectivity index (χ1n) is 10.4. The number of carbonyl (C=O) groups excluding carboxylic acids is 2. The van der Waals surface area contributed by atoms with E-state index in [-0.39, 0.29) is 23.9 Å². The van der Waals surface area contributed by atoms with Crippen molar-refractivity contribution in [1.82, 2.24) is 0 Å². The Morgan fingerprint density at radius 1 is 1.03 bits per heavy atom. The molecule has 1 heterocycles. The SMILES string of the molecule is CC(=O)N(c1ccc(Cl)cc1)[C@@H]1C[C@H](C)N(C(=O)c2ccc(C#N)cc2)c2ccccc21. The van der Waals surface area contributed by atoms with Crippen LogP contribution < -0.4 is 9.80 Å². The van der Waals surface area contributed by atoms with Crippen molar-refractivity contribution >= 4 is 34.8 Å². The molecule has 2 amide bonds. The molecule has 3 aromatic carbocycles. The molecule has 1 aliphatic heterocycles. The highest BCUT2D eigenvalue weighted by molar-refractivity contribution is 6.30. The number of halogens is 1. The average Bonchev–Trinajstić information content (AvgIpc) is 2.80. The summed E-state index contributed by atoms with van der Waals surface area (Å²) in [6.45, 7) is 3.54. The predicted octanol–water partition coefficient (Wildman–Crippen LogP) is 5.74. The fourth-order valence-corrected chi connectivity index (χ4v) is 4.47. The van der Waals surface area contributed by atoms with Gasteiger partial charge in [0.15, 0.2) is 0 Å². The number of hydrogen-bond donors (Lipinski definition) is 0.